The van der Waals surface area contributed by atoms with E-state index < -0.39 is 0 Å². The molecule has 1 amide bonds. The fourth-order valence-electron chi connectivity index (χ4n) is 3.82. The summed E-state index contributed by atoms with van der Waals surface area (Å²) in [5.41, 5.74) is 3.05. The monoisotopic (exact) mass is 461 g/mol. The van der Waals surface area contributed by atoms with Crippen molar-refractivity contribution in [2.75, 3.05) is 5.75 Å². The molecule has 1 aromatic carbocycles. The molecular weight excluding hydrogens is 438 g/mol. The molecule has 0 spiro atoms. The van der Waals surface area contributed by atoms with E-state index in [-0.39, 0.29) is 17.7 Å². The molecule has 168 valence electrons. The summed E-state index contributed by atoms with van der Waals surface area (Å²) in [6, 6.07) is 15.3. The number of aromatic nitrogens is 3. The quantitative estimate of drug-likeness (QED) is 0.363. The second kappa shape index (κ2) is 9.11. The Labute approximate surface area is 195 Å². The highest BCUT2D eigenvalue weighted by molar-refractivity contribution is 7.99. The van der Waals surface area contributed by atoms with Gasteiger partial charge in [-0.1, -0.05) is 41.6 Å². The molecule has 5 rings (SSSR count). The third-order valence-corrected chi connectivity index (χ3v) is 6.47. The number of hydrogen-bond donors (Lipinski definition) is 0. The third-order valence-electron chi connectivity index (χ3n) is 5.52. The summed E-state index contributed by atoms with van der Waals surface area (Å²) in [5.74, 6) is 2.07. The molecular formula is C24H23N5O3S. The normalized spacial score (nSPS) is 15.8. The zero-order valence-electron chi connectivity index (χ0n) is 18.3. The van der Waals surface area contributed by atoms with Crippen LogP contribution in [0.25, 0.3) is 11.6 Å². The van der Waals surface area contributed by atoms with Gasteiger partial charge in [0, 0.05) is 13.0 Å². The molecule has 0 N–H and O–H groups in total. The molecule has 9 heteroatoms. The van der Waals surface area contributed by atoms with E-state index in [9.17, 15) is 4.79 Å². The zero-order valence-corrected chi connectivity index (χ0v) is 19.2. The average Bonchev–Trinajstić information content (AvgIpc) is 3.62. The molecule has 0 radical (unpaired) electrons. The first-order valence-electron chi connectivity index (χ1n) is 10.7. The Morgan fingerprint density at radius 3 is 2.58 bits per heavy atom. The van der Waals surface area contributed by atoms with Crippen molar-refractivity contribution in [2.24, 2.45) is 5.10 Å². The van der Waals surface area contributed by atoms with E-state index in [1.165, 1.54) is 17.3 Å². The highest BCUT2D eigenvalue weighted by atomic mass is 32.2. The van der Waals surface area contributed by atoms with Crippen LogP contribution < -0.4 is 0 Å². The van der Waals surface area contributed by atoms with Crippen LogP contribution in [0.5, 0.6) is 0 Å². The molecule has 0 saturated carbocycles. The van der Waals surface area contributed by atoms with Gasteiger partial charge in [0.1, 0.15) is 11.8 Å². The smallest absolute Gasteiger partial charge is 0.253 e. The predicted octanol–water partition coefficient (Wildman–Crippen LogP) is 4.93. The summed E-state index contributed by atoms with van der Waals surface area (Å²) in [7, 11) is 0. The molecule has 0 unspecified atom stereocenters. The molecule has 3 aromatic heterocycles. The van der Waals surface area contributed by atoms with Crippen LogP contribution in [0.3, 0.4) is 0 Å². The van der Waals surface area contributed by atoms with Gasteiger partial charge in [0.05, 0.1) is 24.0 Å². The molecule has 4 heterocycles. The van der Waals surface area contributed by atoms with Crippen LogP contribution in [-0.2, 0) is 11.3 Å². The standard InChI is InChI=1S/C24H23N5O3S/c1-3-28-23(21-7-5-13-32-21)25-26-24(28)33-15-22(30)29-19(20-6-4-12-31-20)14-18(27-29)17-10-8-16(2)9-11-17/h4-13,19H,3,14-15H2,1-2H3/t19-/m0/s1. The molecule has 33 heavy (non-hydrogen) atoms. The molecule has 0 saturated heterocycles. The molecule has 1 atom stereocenters. The van der Waals surface area contributed by atoms with Crippen molar-refractivity contribution in [1.29, 1.82) is 0 Å². The number of furan rings is 2. The van der Waals surface area contributed by atoms with Crippen molar-refractivity contribution in [3.05, 3.63) is 77.9 Å². The van der Waals surface area contributed by atoms with E-state index >= 15 is 0 Å². The van der Waals surface area contributed by atoms with E-state index in [0.29, 0.717) is 29.7 Å². The number of aryl methyl sites for hydroxylation is 1. The van der Waals surface area contributed by atoms with E-state index in [4.69, 9.17) is 13.9 Å². The number of carbonyl (C=O) groups excluding carboxylic acids is 1. The van der Waals surface area contributed by atoms with Crippen molar-refractivity contribution in [3.63, 3.8) is 0 Å². The molecule has 4 aromatic rings. The van der Waals surface area contributed by atoms with Crippen LogP contribution in [-0.4, -0.2) is 37.1 Å². The Balaban J connectivity index is 1.36. The first-order valence-corrected chi connectivity index (χ1v) is 11.7. The lowest BCUT2D eigenvalue weighted by Crippen LogP contribution is -2.28. The Morgan fingerprint density at radius 1 is 1.09 bits per heavy atom. The van der Waals surface area contributed by atoms with Gasteiger partial charge in [0.15, 0.2) is 16.7 Å². The van der Waals surface area contributed by atoms with Crippen LogP contribution in [0.15, 0.2) is 80.1 Å². The van der Waals surface area contributed by atoms with Gasteiger partial charge in [-0.3, -0.25) is 9.36 Å². The molecule has 1 aliphatic heterocycles. The van der Waals surface area contributed by atoms with Crippen LogP contribution in [0.2, 0.25) is 0 Å². The summed E-state index contributed by atoms with van der Waals surface area (Å²) in [6.07, 6.45) is 3.82. The number of rotatable bonds is 7. The van der Waals surface area contributed by atoms with Gasteiger partial charge in [0.25, 0.3) is 5.91 Å². The Bertz CT molecular complexity index is 1260. The van der Waals surface area contributed by atoms with Gasteiger partial charge in [0.2, 0.25) is 0 Å². The predicted molar refractivity (Wildman–Crippen MR) is 125 cm³/mol. The van der Waals surface area contributed by atoms with Gasteiger partial charge < -0.3 is 8.83 Å². The van der Waals surface area contributed by atoms with Gasteiger partial charge in [-0.15, -0.1) is 10.2 Å². The molecule has 1 aliphatic rings. The maximum absolute atomic E-state index is 13.3. The third kappa shape index (κ3) is 4.23. The molecule has 0 fully saturated rings. The molecule has 8 nitrogen and oxygen atoms in total. The highest BCUT2D eigenvalue weighted by Crippen LogP contribution is 2.34. The number of hydrogen-bond acceptors (Lipinski definition) is 7. The largest absolute Gasteiger partial charge is 0.467 e. The number of thioether (sulfide) groups is 1. The van der Waals surface area contributed by atoms with Gasteiger partial charge in [-0.25, -0.2) is 5.01 Å². The van der Waals surface area contributed by atoms with Gasteiger partial charge in [-0.05, 0) is 43.7 Å². The fourth-order valence-corrected chi connectivity index (χ4v) is 4.68. The summed E-state index contributed by atoms with van der Waals surface area (Å²) in [5, 5.41) is 15.4. The minimum atomic E-state index is -0.271. The van der Waals surface area contributed by atoms with E-state index in [0.717, 1.165) is 17.0 Å². The lowest BCUT2D eigenvalue weighted by Gasteiger charge is -2.19. The lowest BCUT2D eigenvalue weighted by molar-refractivity contribution is -0.130. The average molecular weight is 462 g/mol. The minimum absolute atomic E-state index is 0.117. The van der Waals surface area contributed by atoms with Crippen molar-refractivity contribution >= 4 is 23.4 Å². The maximum atomic E-state index is 13.3. The zero-order chi connectivity index (χ0) is 22.8. The van der Waals surface area contributed by atoms with E-state index in [1.54, 1.807) is 17.5 Å². The SMILES string of the molecule is CCn1c(SCC(=O)N2N=C(c3ccc(C)cc3)C[C@H]2c2ccco2)nnc1-c1ccco1. The number of benzene rings is 1. The molecule has 0 bridgehead atoms. The van der Waals surface area contributed by atoms with E-state index in [2.05, 4.69) is 10.2 Å². The topological polar surface area (TPSA) is 89.7 Å². The summed E-state index contributed by atoms with van der Waals surface area (Å²) >= 11 is 1.34. The Hall–Kier alpha value is -3.59. The number of amides is 1. The Kier molecular flexibility index (Phi) is 5.87. The highest BCUT2D eigenvalue weighted by Gasteiger charge is 2.35. The minimum Gasteiger partial charge on any atom is -0.467 e. The van der Waals surface area contributed by atoms with Crippen LogP contribution >= 0.6 is 11.8 Å². The van der Waals surface area contributed by atoms with Crippen molar-refractivity contribution in [3.8, 4) is 11.6 Å². The van der Waals surface area contributed by atoms with Crippen molar-refractivity contribution < 1.29 is 13.6 Å². The van der Waals surface area contributed by atoms with E-state index in [1.807, 2.05) is 66.9 Å². The lowest BCUT2D eigenvalue weighted by atomic mass is 10.0. The second-order valence-corrected chi connectivity index (χ2v) is 8.65. The number of nitrogens with zero attached hydrogens (tertiary/aromatic N) is 5. The number of carbonyl (C=O) groups is 1. The van der Waals surface area contributed by atoms with Crippen LogP contribution in [0.4, 0.5) is 0 Å². The van der Waals surface area contributed by atoms with Gasteiger partial charge >= 0.3 is 0 Å². The van der Waals surface area contributed by atoms with Crippen molar-refractivity contribution in [1.82, 2.24) is 19.8 Å². The first kappa shape index (κ1) is 21.3. The Morgan fingerprint density at radius 2 is 1.88 bits per heavy atom. The van der Waals surface area contributed by atoms with Crippen LogP contribution in [0.1, 0.15) is 36.3 Å². The first-order chi connectivity index (χ1) is 16.1. The van der Waals surface area contributed by atoms with Crippen molar-refractivity contribution in [2.45, 2.75) is 38.0 Å². The van der Waals surface area contributed by atoms with Gasteiger partial charge in [-0.2, -0.15) is 5.10 Å². The fraction of sp³-hybridized carbons (Fsp3) is 0.250. The number of hydrazone groups is 1. The van der Waals surface area contributed by atoms with Crippen LogP contribution in [0, 0.1) is 6.92 Å². The molecule has 0 aliphatic carbocycles. The maximum Gasteiger partial charge on any atom is 0.253 e. The second-order valence-electron chi connectivity index (χ2n) is 7.70. The summed E-state index contributed by atoms with van der Waals surface area (Å²) in [6.45, 7) is 4.71. The summed E-state index contributed by atoms with van der Waals surface area (Å²) in [4.78, 5) is 13.3. The summed E-state index contributed by atoms with van der Waals surface area (Å²) < 4.78 is 13.0.